The Bertz CT molecular complexity index is 962. The molecule has 1 unspecified atom stereocenters. The average molecular weight is 351 g/mol. The zero-order valence-electron chi connectivity index (χ0n) is 13.4. The van der Waals surface area contributed by atoms with Gasteiger partial charge in [0.25, 0.3) is 5.24 Å². The van der Waals surface area contributed by atoms with E-state index in [1.807, 2.05) is 42.6 Å². The molecule has 1 aliphatic heterocycles. The fraction of sp³-hybridized carbons (Fsp3) is 0.158. The average Bonchev–Trinajstić information content (AvgIpc) is 3.14. The van der Waals surface area contributed by atoms with Crippen LogP contribution in [0.1, 0.15) is 11.1 Å². The molecule has 0 aliphatic carbocycles. The Morgan fingerprint density at radius 2 is 1.88 bits per heavy atom. The molecule has 0 radical (unpaired) electrons. The Kier molecular flexibility index (Phi) is 3.97. The minimum absolute atomic E-state index is 0.108. The van der Waals surface area contributed by atoms with Crippen LogP contribution in [-0.4, -0.2) is 21.0 Å². The number of rotatable bonds is 4. The van der Waals surface area contributed by atoms with E-state index >= 15 is 0 Å². The van der Waals surface area contributed by atoms with E-state index in [0.717, 1.165) is 40.5 Å². The second-order valence-electron chi connectivity index (χ2n) is 6.14. The maximum absolute atomic E-state index is 11.9. The first-order chi connectivity index (χ1) is 12.1. The van der Waals surface area contributed by atoms with Crippen LogP contribution >= 0.6 is 11.8 Å². The maximum Gasteiger partial charge on any atom is 0.287 e. The highest BCUT2D eigenvalue weighted by Gasteiger charge is 2.31. The zero-order valence-corrected chi connectivity index (χ0v) is 14.3. The monoisotopic (exact) mass is 351 g/mol. The molecule has 25 heavy (non-hydrogen) atoms. The van der Waals surface area contributed by atoms with Gasteiger partial charge in [0.05, 0.1) is 0 Å². The quantitative estimate of drug-likeness (QED) is 0.708. The molecule has 0 saturated carbocycles. The molecule has 2 aromatic carbocycles. The summed E-state index contributed by atoms with van der Waals surface area (Å²) in [5.41, 5.74) is 9.84. The van der Waals surface area contributed by atoms with Crippen molar-refractivity contribution in [3.63, 3.8) is 0 Å². The third-order valence-corrected chi connectivity index (χ3v) is 5.22. The molecule has 3 aromatic rings. The first kappa shape index (κ1) is 15.8. The normalized spacial score (nSPS) is 17.2. The summed E-state index contributed by atoms with van der Waals surface area (Å²) in [7, 11) is 0. The Balaban J connectivity index is 1.62. The number of nitrogen functional groups attached to an aromatic ring is 1. The second-order valence-corrected chi connectivity index (χ2v) is 7.12. The number of amides is 1. The van der Waals surface area contributed by atoms with E-state index in [9.17, 15) is 9.59 Å². The minimum Gasteiger partial charge on any atom is -0.399 e. The molecule has 126 valence electrons. The van der Waals surface area contributed by atoms with Crippen molar-refractivity contribution in [3.8, 4) is 0 Å². The first-order valence-electron chi connectivity index (χ1n) is 8.03. The van der Waals surface area contributed by atoms with Crippen LogP contribution in [0.3, 0.4) is 0 Å². The first-order valence-corrected chi connectivity index (χ1v) is 8.85. The molecule has 3 N–H and O–H groups in total. The van der Waals surface area contributed by atoms with E-state index in [1.54, 1.807) is 0 Å². The molecule has 1 fully saturated rings. The fourth-order valence-electron chi connectivity index (χ4n) is 3.17. The molecule has 1 saturated heterocycles. The molecule has 1 amide bonds. The number of carbonyl (C=O) groups excluding carboxylic acids is 2. The van der Waals surface area contributed by atoms with E-state index in [2.05, 4.69) is 22.0 Å². The van der Waals surface area contributed by atoms with Crippen molar-refractivity contribution in [3.05, 3.63) is 65.9 Å². The minimum atomic E-state index is -0.441. The van der Waals surface area contributed by atoms with Crippen molar-refractivity contribution < 1.29 is 9.59 Å². The zero-order chi connectivity index (χ0) is 17.4. The van der Waals surface area contributed by atoms with Gasteiger partial charge in [-0.1, -0.05) is 24.3 Å². The van der Waals surface area contributed by atoms with Gasteiger partial charge >= 0.3 is 0 Å². The molecule has 4 rings (SSSR count). The molecule has 5 nitrogen and oxygen atoms in total. The van der Waals surface area contributed by atoms with Gasteiger partial charge < -0.3 is 15.6 Å². The number of nitrogens with zero attached hydrogens (tertiary/aromatic N) is 1. The summed E-state index contributed by atoms with van der Waals surface area (Å²) in [4.78, 5) is 23.2. The number of nitrogens with one attached hydrogen (secondary N) is 1. The van der Waals surface area contributed by atoms with Crippen LogP contribution in [-0.2, 0) is 17.8 Å². The van der Waals surface area contributed by atoms with Crippen molar-refractivity contribution in [1.82, 2.24) is 9.88 Å². The highest BCUT2D eigenvalue weighted by molar-refractivity contribution is 8.26. The molecule has 1 aliphatic rings. The lowest BCUT2D eigenvalue weighted by molar-refractivity contribution is -0.112. The summed E-state index contributed by atoms with van der Waals surface area (Å²) in [6.07, 6.45) is 2.56. The van der Waals surface area contributed by atoms with Crippen LogP contribution in [0.4, 0.5) is 10.5 Å². The number of thioether (sulfide) groups is 1. The Labute approximate surface area is 149 Å². The largest absolute Gasteiger partial charge is 0.399 e. The fourth-order valence-corrected chi connectivity index (χ4v) is 3.84. The lowest BCUT2D eigenvalue weighted by Crippen LogP contribution is -2.30. The van der Waals surface area contributed by atoms with Gasteiger partial charge in [0.15, 0.2) is 0 Å². The standard InChI is InChI=1S/C19H17N3O2S/c20-14-6-4-12(5-7-14)11-22-9-8-15-13(2-1-3-17(15)22)10-16-18(23)25-19(24)21-16/h1-9,16H,10-11,20H2,(H,21,24). The number of fused-ring (bicyclic) bond motifs is 1. The van der Waals surface area contributed by atoms with Gasteiger partial charge in [-0.05, 0) is 35.4 Å². The van der Waals surface area contributed by atoms with E-state index in [1.165, 1.54) is 5.56 Å². The smallest absolute Gasteiger partial charge is 0.287 e. The van der Waals surface area contributed by atoms with Crippen molar-refractivity contribution in [2.45, 2.75) is 19.0 Å². The predicted molar refractivity (Wildman–Crippen MR) is 101 cm³/mol. The van der Waals surface area contributed by atoms with Gasteiger partial charge in [-0.15, -0.1) is 0 Å². The number of nitrogens with two attached hydrogens (primary N) is 1. The van der Waals surface area contributed by atoms with Gasteiger partial charge in [-0.25, -0.2) is 0 Å². The summed E-state index contributed by atoms with van der Waals surface area (Å²) in [5, 5.41) is 3.46. The Hall–Kier alpha value is -2.73. The van der Waals surface area contributed by atoms with Crippen molar-refractivity contribution in [1.29, 1.82) is 0 Å². The van der Waals surface area contributed by atoms with Gasteiger partial charge in [-0.2, -0.15) is 0 Å². The van der Waals surface area contributed by atoms with E-state index < -0.39 is 6.04 Å². The number of aromatic nitrogens is 1. The molecular weight excluding hydrogens is 334 g/mol. The summed E-state index contributed by atoms with van der Waals surface area (Å²) in [6, 6.07) is 15.5. The topological polar surface area (TPSA) is 77.1 Å². The SMILES string of the molecule is Nc1ccc(Cn2ccc3c(CC4NC(=O)SC4=O)cccc32)cc1. The maximum atomic E-state index is 11.9. The van der Waals surface area contributed by atoms with Crippen molar-refractivity contribution in [2.24, 2.45) is 0 Å². The highest BCUT2D eigenvalue weighted by atomic mass is 32.2. The van der Waals surface area contributed by atoms with E-state index in [0.29, 0.717) is 6.42 Å². The summed E-state index contributed by atoms with van der Waals surface area (Å²) in [6.45, 7) is 0.752. The van der Waals surface area contributed by atoms with Gasteiger partial charge in [-0.3, -0.25) is 9.59 Å². The Morgan fingerprint density at radius 3 is 2.60 bits per heavy atom. The van der Waals surface area contributed by atoms with Crippen molar-refractivity contribution >= 4 is 38.7 Å². The van der Waals surface area contributed by atoms with Crippen LogP contribution in [0.5, 0.6) is 0 Å². The molecule has 1 atom stereocenters. The van der Waals surface area contributed by atoms with Crippen LogP contribution in [0, 0.1) is 0 Å². The lowest BCUT2D eigenvalue weighted by atomic mass is 10.0. The third-order valence-electron chi connectivity index (χ3n) is 4.43. The van der Waals surface area contributed by atoms with Gasteiger partial charge in [0.2, 0.25) is 5.12 Å². The number of benzene rings is 2. The molecule has 1 aromatic heterocycles. The molecule has 2 heterocycles. The van der Waals surface area contributed by atoms with Crippen LogP contribution in [0.25, 0.3) is 10.9 Å². The Morgan fingerprint density at radius 1 is 1.08 bits per heavy atom. The van der Waals surface area contributed by atoms with E-state index in [-0.39, 0.29) is 10.4 Å². The van der Waals surface area contributed by atoms with Crippen molar-refractivity contribution in [2.75, 3.05) is 5.73 Å². The molecule has 0 bridgehead atoms. The number of hydrogen-bond acceptors (Lipinski definition) is 4. The van der Waals surface area contributed by atoms with Crippen LogP contribution in [0.2, 0.25) is 0 Å². The lowest BCUT2D eigenvalue weighted by Gasteiger charge is -2.10. The molecule has 0 spiro atoms. The number of hydrogen-bond donors (Lipinski definition) is 2. The highest BCUT2D eigenvalue weighted by Crippen LogP contribution is 2.25. The van der Waals surface area contributed by atoms with E-state index in [4.69, 9.17) is 5.73 Å². The van der Waals surface area contributed by atoms with Gasteiger partial charge in [0.1, 0.15) is 6.04 Å². The predicted octanol–water partition coefficient (Wildman–Crippen LogP) is 3.17. The number of anilines is 1. The van der Waals surface area contributed by atoms with Crippen LogP contribution in [0.15, 0.2) is 54.7 Å². The summed E-state index contributed by atoms with van der Waals surface area (Å²) >= 11 is 0.757. The van der Waals surface area contributed by atoms with Crippen LogP contribution < -0.4 is 11.1 Å². The molecule has 6 heteroatoms. The summed E-state index contributed by atoms with van der Waals surface area (Å²) in [5.74, 6) is 0. The van der Waals surface area contributed by atoms with Gasteiger partial charge in [0, 0.05) is 47.5 Å². The third kappa shape index (κ3) is 3.13. The number of carbonyl (C=O) groups is 2. The second kappa shape index (κ2) is 6.29. The summed E-state index contributed by atoms with van der Waals surface area (Å²) < 4.78 is 2.17. The molecular formula is C19H17N3O2S.